The number of nitro groups is 1. The van der Waals surface area contributed by atoms with Crippen LogP contribution in [0.4, 0.5) is 5.69 Å². The molecule has 2 rings (SSSR count). The van der Waals surface area contributed by atoms with Crippen LogP contribution in [0.5, 0.6) is 0 Å². The minimum absolute atomic E-state index is 0.0924. The molecule has 0 saturated carbocycles. The zero-order chi connectivity index (χ0) is 22.1. The highest BCUT2D eigenvalue weighted by Crippen LogP contribution is 2.21. The highest BCUT2D eigenvalue weighted by Gasteiger charge is 2.30. The minimum Gasteiger partial charge on any atom is -0.354 e. The Morgan fingerprint density at radius 1 is 1.07 bits per heavy atom. The zero-order valence-electron chi connectivity index (χ0n) is 17.8. The molecule has 0 aliphatic heterocycles. The third kappa shape index (κ3) is 5.89. The van der Waals surface area contributed by atoms with Gasteiger partial charge in [0, 0.05) is 24.7 Å². The van der Waals surface area contributed by atoms with Crippen molar-refractivity contribution < 1.29 is 14.5 Å². The van der Waals surface area contributed by atoms with Crippen molar-refractivity contribution in [1.29, 1.82) is 0 Å². The van der Waals surface area contributed by atoms with E-state index in [4.69, 9.17) is 0 Å². The first kappa shape index (κ1) is 23.1. The summed E-state index contributed by atoms with van der Waals surface area (Å²) in [4.78, 5) is 38.5. The van der Waals surface area contributed by atoms with Gasteiger partial charge in [-0.25, -0.2) is 0 Å². The van der Waals surface area contributed by atoms with Crippen molar-refractivity contribution in [2.24, 2.45) is 0 Å². The van der Waals surface area contributed by atoms with Crippen LogP contribution >= 0.6 is 0 Å². The molecule has 2 amide bonds. The first-order valence-electron chi connectivity index (χ1n) is 10.2. The Morgan fingerprint density at radius 2 is 1.70 bits per heavy atom. The molecule has 0 fully saturated rings. The maximum Gasteiger partial charge on any atom is 0.273 e. The van der Waals surface area contributed by atoms with Gasteiger partial charge in [0.2, 0.25) is 11.8 Å². The van der Waals surface area contributed by atoms with Gasteiger partial charge in [-0.2, -0.15) is 0 Å². The molecule has 0 spiro atoms. The Bertz CT molecular complexity index is 898. The lowest BCUT2D eigenvalue weighted by Gasteiger charge is -2.31. The Hall–Kier alpha value is -3.22. The molecular formula is C23H29N3O4. The maximum atomic E-state index is 13.3. The molecule has 7 nitrogen and oxygen atoms in total. The molecule has 7 heteroatoms. The Labute approximate surface area is 177 Å². The number of hydrogen-bond acceptors (Lipinski definition) is 4. The van der Waals surface area contributed by atoms with E-state index in [1.807, 2.05) is 45.0 Å². The van der Waals surface area contributed by atoms with Crippen LogP contribution in [-0.4, -0.2) is 34.2 Å². The van der Waals surface area contributed by atoms with Crippen molar-refractivity contribution in [2.45, 2.75) is 52.6 Å². The number of para-hydroxylation sites is 1. The first-order chi connectivity index (χ1) is 14.4. The molecule has 160 valence electrons. The fourth-order valence-corrected chi connectivity index (χ4v) is 3.36. The number of nitro benzene ring substituents is 1. The standard InChI is InChI=1S/C23H29N3O4/c1-4-14-24-23(28)20(5-2)25(16-19-12-7-6-10-17(19)3)22(27)15-18-11-8-9-13-21(18)26(29)30/h6-13,20H,4-5,14-16H2,1-3H3,(H,24,28). The number of nitrogens with one attached hydrogen (secondary N) is 1. The summed E-state index contributed by atoms with van der Waals surface area (Å²) >= 11 is 0. The van der Waals surface area contributed by atoms with Gasteiger partial charge < -0.3 is 10.2 Å². The van der Waals surface area contributed by atoms with Crippen molar-refractivity contribution in [1.82, 2.24) is 10.2 Å². The van der Waals surface area contributed by atoms with Gasteiger partial charge in [0.05, 0.1) is 11.3 Å². The van der Waals surface area contributed by atoms with Crippen LogP contribution in [0.2, 0.25) is 0 Å². The lowest BCUT2D eigenvalue weighted by atomic mass is 10.0. The summed E-state index contributed by atoms with van der Waals surface area (Å²) in [6.07, 6.45) is 1.11. The molecule has 1 unspecified atom stereocenters. The number of rotatable bonds is 10. The van der Waals surface area contributed by atoms with Crippen molar-refractivity contribution >= 4 is 17.5 Å². The van der Waals surface area contributed by atoms with Gasteiger partial charge in [0.25, 0.3) is 5.69 Å². The van der Waals surface area contributed by atoms with Crippen molar-refractivity contribution in [3.8, 4) is 0 Å². The molecule has 0 radical (unpaired) electrons. The predicted octanol–water partition coefficient (Wildman–Crippen LogP) is 3.78. The highest BCUT2D eigenvalue weighted by molar-refractivity contribution is 5.88. The first-order valence-corrected chi connectivity index (χ1v) is 10.2. The van der Waals surface area contributed by atoms with Crippen LogP contribution in [0.3, 0.4) is 0 Å². The number of amides is 2. The van der Waals surface area contributed by atoms with E-state index < -0.39 is 11.0 Å². The lowest BCUT2D eigenvalue weighted by Crippen LogP contribution is -2.49. The molecule has 0 heterocycles. The second-order valence-corrected chi connectivity index (χ2v) is 7.23. The third-order valence-corrected chi connectivity index (χ3v) is 5.07. The summed E-state index contributed by atoms with van der Waals surface area (Å²) in [5.41, 5.74) is 2.20. The van der Waals surface area contributed by atoms with Gasteiger partial charge in [-0.15, -0.1) is 0 Å². The molecule has 0 aliphatic rings. The number of nitrogens with zero attached hydrogens (tertiary/aromatic N) is 2. The van der Waals surface area contributed by atoms with Crippen molar-refractivity contribution in [2.75, 3.05) is 6.54 Å². The van der Waals surface area contributed by atoms with Gasteiger partial charge in [-0.1, -0.05) is 56.3 Å². The average molecular weight is 412 g/mol. The van der Waals surface area contributed by atoms with Crippen LogP contribution < -0.4 is 5.32 Å². The van der Waals surface area contributed by atoms with E-state index in [9.17, 15) is 19.7 Å². The Balaban J connectivity index is 2.36. The summed E-state index contributed by atoms with van der Waals surface area (Å²) in [6.45, 7) is 6.58. The average Bonchev–Trinajstić information content (AvgIpc) is 2.73. The van der Waals surface area contributed by atoms with Crippen LogP contribution in [-0.2, 0) is 22.6 Å². The van der Waals surface area contributed by atoms with Crippen LogP contribution in [0.15, 0.2) is 48.5 Å². The normalized spacial score (nSPS) is 11.6. The highest BCUT2D eigenvalue weighted by atomic mass is 16.6. The molecule has 0 saturated heterocycles. The smallest absolute Gasteiger partial charge is 0.273 e. The SMILES string of the molecule is CCCNC(=O)C(CC)N(Cc1ccccc1C)C(=O)Cc1ccccc1[N+](=O)[O-]. The van der Waals surface area contributed by atoms with Crippen molar-refractivity contribution in [3.63, 3.8) is 0 Å². The lowest BCUT2D eigenvalue weighted by molar-refractivity contribution is -0.385. The molecule has 2 aromatic rings. The third-order valence-electron chi connectivity index (χ3n) is 5.07. The van der Waals surface area contributed by atoms with Gasteiger partial charge in [0.15, 0.2) is 0 Å². The van der Waals surface area contributed by atoms with E-state index in [2.05, 4.69) is 5.32 Å². The minimum atomic E-state index is -0.647. The van der Waals surface area contributed by atoms with E-state index in [1.165, 1.54) is 6.07 Å². The van der Waals surface area contributed by atoms with E-state index in [-0.39, 0.29) is 30.5 Å². The summed E-state index contributed by atoms with van der Waals surface area (Å²) in [5.74, 6) is -0.519. The number of carbonyl (C=O) groups is 2. The van der Waals surface area contributed by atoms with Crippen molar-refractivity contribution in [3.05, 3.63) is 75.3 Å². The quantitative estimate of drug-likeness (QED) is 0.476. The largest absolute Gasteiger partial charge is 0.354 e. The second kappa shape index (κ2) is 11.1. The number of hydrogen-bond donors (Lipinski definition) is 1. The topological polar surface area (TPSA) is 92.6 Å². The van der Waals surface area contributed by atoms with Gasteiger partial charge in [-0.05, 0) is 30.9 Å². The van der Waals surface area contributed by atoms with Crippen LogP contribution in [0.1, 0.15) is 43.4 Å². The van der Waals surface area contributed by atoms with E-state index in [0.29, 0.717) is 18.5 Å². The number of carbonyl (C=O) groups excluding carboxylic acids is 2. The molecular weight excluding hydrogens is 382 g/mol. The molecule has 1 atom stereocenters. The fourth-order valence-electron chi connectivity index (χ4n) is 3.36. The summed E-state index contributed by atoms with van der Waals surface area (Å²) in [5, 5.41) is 14.2. The molecule has 0 aliphatic carbocycles. The predicted molar refractivity (Wildman–Crippen MR) is 116 cm³/mol. The maximum absolute atomic E-state index is 13.3. The monoisotopic (exact) mass is 411 g/mol. The molecule has 1 N–H and O–H groups in total. The fraction of sp³-hybridized carbons (Fsp3) is 0.391. The number of aryl methyl sites for hydroxylation is 1. The molecule has 30 heavy (non-hydrogen) atoms. The van der Waals surface area contributed by atoms with Gasteiger partial charge in [-0.3, -0.25) is 19.7 Å². The summed E-state index contributed by atoms with van der Waals surface area (Å²) < 4.78 is 0. The van der Waals surface area contributed by atoms with Crippen LogP contribution in [0.25, 0.3) is 0 Å². The Kier molecular flexibility index (Phi) is 8.53. The second-order valence-electron chi connectivity index (χ2n) is 7.23. The number of benzene rings is 2. The summed E-state index contributed by atoms with van der Waals surface area (Å²) in [6, 6.07) is 13.3. The van der Waals surface area contributed by atoms with Crippen LogP contribution in [0, 0.1) is 17.0 Å². The Morgan fingerprint density at radius 3 is 2.30 bits per heavy atom. The molecule has 0 bridgehead atoms. The van der Waals surface area contributed by atoms with Gasteiger partial charge in [0.1, 0.15) is 6.04 Å². The zero-order valence-corrected chi connectivity index (χ0v) is 17.8. The molecule has 0 aromatic heterocycles. The van der Waals surface area contributed by atoms with E-state index in [0.717, 1.165) is 17.5 Å². The summed E-state index contributed by atoms with van der Waals surface area (Å²) in [7, 11) is 0. The van der Waals surface area contributed by atoms with E-state index >= 15 is 0 Å². The van der Waals surface area contributed by atoms with Gasteiger partial charge >= 0.3 is 0 Å². The molecule has 2 aromatic carbocycles. The van der Waals surface area contributed by atoms with E-state index in [1.54, 1.807) is 23.1 Å².